The van der Waals surface area contributed by atoms with Gasteiger partial charge in [-0.25, -0.2) is 4.79 Å². The van der Waals surface area contributed by atoms with Gasteiger partial charge in [0.1, 0.15) is 11.1 Å². The summed E-state index contributed by atoms with van der Waals surface area (Å²) in [7, 11) is 0. The summed E-state index contributed by atoms with van der Waals surface area (Å²) in [6, 6.07) is 26.2. The largest absolute Gasteiger partial charge is 0.444 e. The van der Waals surface area contributed by atoms with Crippen LogP contribution < -0.4 is 10.6 Å². The third kappa shape index (κ3) is 6.93. The highest BCUT2D eigenvalue weighted by Gasteiger charge is 2.36. The average molecular weight is 461 g/mol. The minimum atomic E-state index is -1.53. The minimum Gasteiger partial charge on any atom is -0.444 e. The van der Waals surface area contributed by atoms with Gasteiger partial charge in [0, 0.05) is 5.69 Å². The number of rotatable bonds is 7. The molecule has 0 fully saturated rings. The lowest BCUT2D eigenvalue weighted by Crippen LogP contribution is -2.58. The lowest BCUT2D eigenvalue weighted by atomic mass is 10.00. The monoisotopic (exact) mass is 460 g/mol. The molecule has 0 aromatic heterocycles. The van der Waals surface area contributed by atoms with Crippen LogP contribution >= 0.6 is 0 Å². The second kappa shape index (κ2) is 10.5. The van der Waals surface area contributed by atoms with Crippen LogP contribution in [0.5, 0.6) is 0 Å². The SMILES string of the molecule is CC(C)(C)OC(=O)N[C@@](C)(CO)C(=O)Nc1ccc(Cc2ccc(-c3ccccc3)cc2)cc1. The van der Waals surface area contributed by atoms with Crippen molar-refractivity contribution in [3.63, 3.8) is 0 Å². The number of hydrogen-bond donors (Lipinski definition) is 3. The van der Waals surface area contributed by atoms with Gasteiger partial charge in [0.15, 0.2) is 0 Å². The molecule has 0 unspecified atom stereocenters. The van der Waals surface area contributed by atoms with Crippen molar-refractivity contribution in [2.24, 2.45) is 0 Å². The Morgan fingerprint density at radius 2 is 1.32 bits per heavy atom. The van der Waals surface area contributed by atoms with Crippen LogP contribution in [0.25, 0.3) is 11.1 Å². The maximum atomic E-state index is 12.7. The molecule has 0 bridgehead atoms. The van der Waals surface area contributed by atoms with E-state index in [4.69, 9.17) is 4.74 Å². The van der Waals surface area contributed by atoms with Crippen molar-refractivity contribution in [3.05, 3.63) is 90.0 Å². The molecule has 178 valence electrons. The predicted octanol–water partition coefficient (Wildman–Crippen LogP) is 5.16. The van der Waals surface area contributed by atoms with Gasteiger partial charge >= 0.3 is 6.09 Å². The number of nitrogens with one attached hydrogen (secondary N) is 2. The van der Waals surface area contributed by atoms with Crippen LogP contribution in [0, 0.1) is 0 Å². The molecule has 0 heterocycles. The molecule has 0 saturated carbocycles. The highest BCUT2D eigenvalue weighted by Crippen LogP contribution is 2.21. The van der Waals surface area contributed by atoms with Crippen LogP contribution in [0.2, 0.25) is 0 Å². The van der Waals surface area contributed by atoms with Crippen LogP contribution in [0.3, 0.4) is 0 Å². The second-order valence-electron chi connectivity index (χ2n) is 9.51. The van der Waals surface area contributed by atoms with Crippen molar-refractivity contribution in [2.45, 2.75) is 45.3 Å². The van der Waals surface area contributed by atoms with E-state index >= 15 is 0 Å². The summed E-state index contributed by atoms with van der Waals surface area (Å²) in [5.74, 6) is -0.537. The normalized spacial score (nSPS) is 13.0. The molecule has 0 aliphatic rings. The lowest BCUT2D eigenvalue weighted by molar-refractivity contribution is -0.123. The van der Waals surface area contributed by atoms with E-state index in [0.29, 0.717) is 5.69 Å². The topological polar surface area (TPSA) is 87.7 Å². The van der Waals surface area contributed by atoms with Gasteiger partial charge in [-0.1, -0.05) is 66.7 Å². The summed E-state index contributed by atoms with van der Waals surface area (Å²) in [6.45, 7) is 6.04. The van der Waals surface area contributed by atoms with Crippen molar-refractivity contribution >= 4 is 17.7 Å². The van der Waals surface area contributed by atoms with E-state index in [1.165, 1.54) is 23.6 Å². The number of ether oxygens (including phenoxy) is 1. The smallest absolute Gasteiger partial charge is 0.408 e. The lowest BCUT2D eigenvalue weighted by Gasteiger charge is -2.29. The predicted molar refractivity (Wildman–Crippen MR) is 135 cm³/mol. The van der Waals surface area contributed by atoms with Crippen LogP contribution in [0.1, 0.15) is 38.8 Å². The Balaban J connectivity index is 1.60. The molecular formula is C28H32N2O4. The van der Waals surface area contributed by atoms with Gasteiger partial charge in [-0.15, -0.1) is 0 Å². The first-order chi connectivity index (χ1) is 16.1. The first-order valence-corrected chi connectivity index (χ1v) is 11.2. The molecule has 3 N–H and O–H groups in total. The highest BCUT2D eigenvalue weighted by molar-refractivity contribution is 5.99. The zero-order chi connectivity index (χ0) is 24.8. The summed E-state index contributed by atoms with van der Waals surface area (Å²) >= 11 is 0. The molecule has 3 aromatic rings. The molecule has 2 amide bonds. The number of carbonyl (C=O) groups is 2. The Morgan fingerprint density at radius 3 is 1.85 bits per heavy atom. The van der Waals surface area contributed by atoms with Gasteiger partial charge in [-0.2, -0.15) is 0 Å². The summed E-state index contributed by atoms with van der Waals surface area (Å²) in [6.07, 6.45) is -0.00877. The van der Waals surface area contributed by atoms with E-state index < -0.39 is 29.7 Å². The summed E-state index contributed by atoms with van der Waals surface area (Å²) in [4.78, 5) is 24.8. The summed E-state index contributed by atoms with van der Waals surface area (Å²) < 4.78 is 5.20. The average Bonchev–Trinajstić information content (AvgIpc) is 2.80. The van der Waals surface area contributed by atoms with Crippen LogP contribution in [-0.4, -0.2) is 34.9 Å². The molecular weight excluding hydrogens is 428 g/mol. The van der Waals surface area contributed by atoms with E-state index in [-0.39, 0.29) is 0 Å². The summed E-state index contributed by atoms with van der Waals surface area (Å²) in [5.41, 5.74) is 2.97. The Kier molecular flexibility index (Phi) is 7.74. The van der Waals surface area contributed by atoms with Gasteiger partial charge in [0.25, 0.3) is 5.91 Å². The van der Waals surface area contributed by atoms with Crippen LogP contribution in [-0.2, 0) is 16.0 Å². The number of alkyl carbamates (subject to hydrolysis) is 1. The molecule has 6 heteroatoms. The van der Waals surface area contributed by atoms with Crippen molar-refractivity contribution in [2.75, 3.05) is 11.9 Å². The number of carbonyl (C=O) groups excluding carboxylic acids is 2. The fourth-order valence-corrected chi connectivity index (χ4v) is 3.35. The third-order valence-electron chi connectivity index (χ3n) is 5.28. The van der Waals surface area contributed by atoms with Gasteiger partial charge in [0.05, 0.1) is 6.61 Å². The van der Waals surface area contributed by atoms with Crippen molar-refractivity contribution in [3.8, 4) is 11.1 Å². The number of amides is 2. The molecule has 1 atom stereocenters. The Morgan fingerprint density at radius 1 is 0.794 bits per heavy atom. The molecule has 0 aliphatic carbocycles. The van der Waals surface area contributed by atoms with Gasteiger partial charge in [-0.3, -0.25) is 4.79 Å². The molecule has 0 spiro atoms. The molecule has 3 aromatic carbocycles. The quantitative estimate of drug-likeness (QED) is 0.455. The molecule has 3 rings (SSSR count). The fraction of sp³-hybridized carbons (Fsp3) is 0.286. The van der Waals surface area contributed by atoms with Crippen LogP contribution in [0.15, 0.2) is 78.9 Å². The second-order valence-corrected chi connectivity index (χ2v) is 9.51. The number of benzene rings is 3. The zero-order valence-electron chi connectivity index (χ0n) is 20.1. The minimum absolute atomic E-state index is 0.537. The van der Waals surface area contributed by atoms with E-state index in [1.54, 1.807) is 32.9 Å². The van der Waals surface area contributed by atoms with Gasteiger partial charge in [0.2, 0.25) is 0 Å². The molecule has 6 nitrogen and oxygen atoms in total. The number of anilines is 1. The maximum absolute atomic E-state index is 12.7. The number of aliphatic hydroxyl groups is 1. The van der Waals surface area contributed by atoms with E-state index in [2.05, 4.69) is 47.0 Å². The zero-order valence-corrected chi connectivity index (χ0v) is 20.1. The van der Waals surface area contributed by atoms with Crippen LogP contribution in [0.4, 0.5) is 10.5 Å². The van der Waals surface area contributed by atoms with E-state index in [0.717, 1.165) is 12.0 Å². The van der Waals surface area contributed by atoms with E-state index in [1.807, 2.05) is 30.3 Å². The van der Waals surface area contributed by atoms with Crippen molar-refractivity contribution < 1.29 is 19.4 Å². The highest BCUT2D eigenvalue weighted by atomic mass is 16.6. The molecule has 0 aliphatic heterocycles. The Bertz CT molecular complexity index is 1100. The first-order valence-electron chi connectivity index (χ1n) is 11.2. The van der Waals surface area contributed by atoms with Gasteiger partial charge in [-0.05, 0) is 68.5 Å². The fourth-order valence-electron chi connectivity index (χ4n) is 3.35. The number of hydrogen-bond acceptors (Lipinski definition) is 4. The maximum Gasteiger partial charge on any atom is 0.408 e. The molecule has 0 saturated heterocycles. The van der Waals surface area contributed by atoms with Crippen molar-refractivity contribution in [1.29, 1.82) is 0 Å². The Labute approximate surface area is 201 Å². The van der Waals surface area contributed by atoms with Crippen molar-refractivity contribution in [1.82, 2.24) is 5.32 Å². The standard InChI is InChI=1S/C28H32N2O4/c1-27(2,3)34-26(33)30-28(4,19-31)25(32)29-24-16-12-21(13-17-24)18-20-10-14-23(15-11-20)22-8-6-5-7-9-22/h5-17,31H,18-19H2,1-4H3,(H,29,32)(H,30,33)/t28-/m0/s1. The third-order valence-corrected chi connectivity index (χ3v) is 5.28. The van der Waals surface area contributed by atoms with E-state index in [9.17, 15) is 14.7 Å². The Hall–Kier alpha value is -3.64. The first kappa shape index (κ1) is 25.0. The molecule has 0 radical (unpaired) electrons. The van der Waals surface area contributed by atoms with Gasteiger partial charge < -0.3 is 20.5 Å². The molecule has 34 heavy (non-hydrogen) atoms. The summed E-state index contributed by atoms with van der Waals surface area (Å²) in [5, 5.41) is 15.0. The number of aliphatic hydroxyl groups excluding tert-OH is 1.